The molecule has 0 bridgehead atoms. The van der Waals surface area contributed by atoms with Crippen LogP contribution in [0.5, 0.6) is 0 Å². The second-order valence-electron chi connectivity index (χ2n) is 4.66. The summed E-state index contributed by atoms with van der Waals surface area (Å²) >= 11 is 6.19. The number of aromatic nitrogens is 2. The second kappa shape index (κ2) is 6.34. The lowest BCUT2D eigenvalue weighted by molar-refractivity contribution is 0.0891. The summed E-state index contributed by atoms with van der Waals surface area (Å²) in [6.07, 6.45) is 6.06. The molecule has 0 aromatic carbocycles. The van der Waals surface area contributed by atoms with Gasteiger partial charge in [0, 0.05) is 25.8 Å². The number of rotatable bonds is 4. The van der Waals surface area contributed by atoms with Crippen LogP contribution >= 0.6 is 11.6 Å². The van der Waals surface area contributed by atoms with Crippen LogP contribution in [0, 0.1) is 0 Å². The van der Waals surface area contributed by atoms with E-state index in [0.717, 1.165) is 50.2 Å². The van der Waals surface area contributed by atoms with Crippen molar-refractivity contribution < 1.29 is 4.74 Å². The van der Waals surface area contributed by atoms with Gasteiger partial charge in [0.2, 0.25) is 0 Å². The van der Waals surface area contributed by atoms with Crippen molar-refractivity contribution in [3.05, 3.63) is 17.0 Å². The summed E-state index contributed by atoms with van der Waals surface area (Å²) in [5, 5.41) is 0.585. The maximum Gasteiger partial charge on any atom is 0.137 e. The van der Waals surface area contributed by atoms with E-state index in [1.54, 1.807) is 13.4 Å². The van der Waals surface area contributed by atoms with Crippen molar-refractivity contribution in [2.75, 3.05) is 25.1 Å². The highest BCUT2D eigenvalue weighted by Gasteiger charge is 2.23. The van der Waals surface area contributed by atoms with E-state index in [0.29, 0.717) is 11.3 Å². The van der Waals surface area contributed by atoms with E-state index in [-0.39, 0.29) is 0 Å². The Morgan fingerprint density at radius 2 is 2.33 bits per heavy atom. The molecule has 0 radical (unpaired) electrons. The first-order chi connectivity index (χ1) is 8.76. The van der Waals surface area contributed by atoms with Gasteiger partial charge in [-0.1, -0.05) is 24.9 Å². The van der Waals surface area contributed by atoms with Gasteiger partial charge in [-0.2, -0.15) is 0 Å². The molecule has 0 amide bonds. The van der Waals surface area contributed by atoms with Crippen LogP contribution in [0.2, 0.25) is 5.15 Å². The maximum absolute atomic E-state index is 6.19. The number of piperidine rings is 1. The van der Waals surface area contributed by atoms with E-state index >= 15 is 0 Å². The molecule has 18 heavy (non-hydrogen) atoms. The van der Waals surface area contributed by atoms with Crippen molar-refractivity contribution >= 4 is 17.4 Å². The average Bonchev–Trinajstić information content (AvgIpc) is 2.41. The van der Waals surface area contributed by atoms with Gasteiger partial charge in [-0.3, -0.25) is 0 Å². The van der Waals surface area contributed by atoms with E-state index in [1.807, 2.05) is 0 Å². The second-order valence-corrected chi connectivity index (χ2v) is 5.02. The predicted octanol–water partition coefficient (Wildman–Crippen LogP) is 2.70. The first kappa shape index (κ1) is 13.6. The quantitative estimate of drug-likeness (QED) is 0.788. The molecule has 1 aliphatic rings. The normalized spacial score (nSPS) is 20.2. The van der Waals surface area contributed by atoms with Crippen LogP contribution in [0.4, 0.5) is 5.82 Å². The van der Waals surface area contributed by atoms with Crippen LogP contribution in [0.15, 0.2) is 6.33 Å². The molecule has 2 rings (SSSR count). The van der Waals surface area contributed by atoms with Gasteiger partial charge in [0.1, 0.15) is 17.3 Å². The number of hydrogen-bond donors (Lipinski definition) is 0. The van der Waals surface area contributed by atoms with Crippen molar-refractivity contribution in [2.45, 2.75) is 38.7 Å². The molecular formula is C13H20ClN3O. The van der Waals surface area contributed by atoms with Crippen molar-refractivity contribution in [3.63, 3.8) is 0 Å². The highest BCUT2D eigenvalue weighted by atomic mass is 35.5. The minimum absolute atomic E-state index is 0.293. The molecule has 2 heterocycles. The van der Waals surface area contributed by atoms with E-state index < -0.39 is 0 Å². The molecule has 0 N–H and O–H groups in total. The Morgan fingerprint density at radius 1 is 1.50 bits per heavy atom. The molecule has 1 aromatic rings. The molecule has 0 aliphatic carbocycles. The Bertz CT molecular complexity index is 400. The fourth-order valence-electron chi connectivity index (χ4n) is 2.44. The number of anilines is 1. The third kappa shape index (κ3) is 2.93. The molecular weight excluding hydrogens is 250 g/mol. The zero-order chi connectivity index (χ0) is 13.0. The molecule has 100 valence electrons. The lowest BCUT2D eigenvalue weighted by Gasteiger charge is -2.33. The molecule has 1 aromatic heterocycles. The number of nitrogens with zero attached hydrogens (tertiary/aromatic N) is 3. The zero-order valence-electron chi connectivity index (χ0n) is 11.0. The van der Waals surface area contributed by atoms with Gasteiger partial charge in [0.05, 0.1) is 6.10 Å². The number of halogens is 1. The molecule has 1 atom stereocenters. The molecule has 1 saturated heterocycles. The summed E-state index contributed by atoms with van der Waals surface area (Å²) in [7, 11) is 1.77. The standard InChI is InChI=1S/C13H20ClN3O/c1-3-5-11-12(14)15-9-16-13(11)17-7-4-6-10(8-17)18-2/h9-10H,3-8H2,1-2H3. The Balaban J connectivity index is 2.23. The van der Waals surface area contributed by atoms with Crippen LogP contribution < -0.4 is 4.90 Å². The van der Waals surface area contributed by atoms with Gasteiger partial charge >= 0.3 is 0 Å². The van der Waals surface area contributed by atoms with Crippen molar-refractivity contribution in [1.82, 2.24) is 9.97 Å². The van der Waals surface area contributed by atoms with Crippen LogP contribution in [0.3, 0.4) is 0 Å². The summed E-state index contributed by atoms with van der Waals surface area (Å²) < 4.78 is 5.45. The average molecular weight is 270 g/mol. The Hall–Kier alpha value is -0.870. The van der Waals surface area contributed by atoms with Gasteiger partial charge in [0.15, 0.2) is 0 Å². The van der Waals surface area contributed by atoms with Crippen LogP contribution in [0.25, 0.3) is 0 Å². The lowest BCUT2D eigenvalue weighted by atomic mass is 10.1. The van der Waals surface area contributed by atoms with Gasteiger partial charge in [-0.25, -0.2) is 9.97 Å². The van der Waals surface area contributed by atoms with Crippen molar-refractivity contribution in [3.8, 4) is 0 Å². The third-order valence-electron chi connectivity index (χ3n) is 3.38. The highest BCUT2D eigenvalue weighted by molar-refractivity contribution is 6.30. The van der Waals surface area contributed by atoms with Crippen LogP contribution in [0.1, 0.15) is 31.7 Å². The third-order valence-corrected chi connectivity index (χ3v) is 3.71. The first-order valence-corrected chi connectivity index (χ1v) is 6.91. The summed E-state index contributed by atoms with van der Waals surface area (Å²) in [4.78, 5) is 10.8. The summed E-state index contributed by atoms with van der Waals surface area (Å²) in [5.41, 5.74) is 1.07. The largest absolute Gasteiger partial charge is 0.380 e. The molecule has 1 fully saturated rings. The molecule has 0 saturated carbocycles. The minimum atomic E-state index is 0.293. The SMILES string of the molecule is CCCc1c(Cl)ncnc1N1CCCC(OC)C1. The van der Waals surface area contributed by atoms with Gasteiger partial charge in [0.25, 0.3) is 0 Å². The van der Waals surface area contributed by atoms with Gasteiger partial charge in [-0.15, -0.1) is 0 Å². The summed E-state index contributed by atoms with van der Waals surface area (Å²) in [5.74, 6) is 0.985. The zero-order valence-corrected chi connectivity index (χ0v) is 11.8. The molecule has 1 unspecified atom stereocenters. The number of methoxy groups -OCH3 is 1. The Labute approximate surface area is 113 Å². The van der Waals surface area contributed by atoms with Gasteiger partial charge < -0.3 is 9.64 Å². The molecule has 5 heteroatoms. The maximum atomic E-state index is 6.19. The molecule has 0 spiro atoms. The summed E-state index contributed by atoms with van der Waals surface area (Å²) in [6.45, 7) is 4.05. The molecule has 4 nitrogen and oxygen atoms in total. The minimum Gasteiger partial charge on any atom is -0.380 e. The van der Waals surface area contributed by atoms with Crippen LogP contribution in [-0.2, 0) is 11.2 Å². The summed E-state index contributed by atoms with van der Waals surface area (Å²) in [6, 6.07) is 0. The Kier molecular flexibility index (Phi) is 4.78. The highest BCUT2D eigenvalue weighted by Crippen LogP contribution is 2.27. The topological polar surface area (TPSA) is 38.2 Å². The predicted molar refractivity (Wildman–Crippen MR) is 73.3 cm³/mol. The smallest absolute Gasteiger partial charge is 0.137 e. The fourth-order valence-corrected chi connectivity index (χ4v) is 2.67. The number of ether oxygens (including phenoxy) is 1. The number of hydrogen-bond acceptors (Lipinski definition) is 4. The van der Waals surface area contributed by atoms with Crippen LogP contribution in [-0.4, -0.2) is 36.3 Å². The van der Waals surface area contributed by atoms with E-state index in [4.69, 9.17) is 16.3 Å². The first-order valence-electron chi connectivity index (χ1n) is 6.53. The van der Waals surface area contributed by atoms with E-state index in [9.17, 15) is 0 Å². The van der Waals surface area contributed by atoms with Crippen molar-refractivity contribution in [1.29, 1.82) is 0 Å². The van der Waals surface area contributed by atoms with E-state index in [1.165, 1.54) is 0 Å². The van der Waals surface area contributed by atoms with Gasteiger partial charge in [-0.05, 0) is 19.3 Å². The fraction of sp³-hybridized carbons (Fsp3) is 0.692. The molecule has 1 aliphatic heterocycles. The van der Waals surface area contributed by atoms with E-state index in [2.05, 4.69) is 21.8 Å². The van der Waals surface area contributed by atoms with Crippen molar-refractivity contribution in [2.24, 2.45) is 0 Å². The monoisotopic (exact) mass is 269 g/mol. The Morgan fingerprint density at radius 3 is 3.06 bits per heavy atom. The lowest BCUT2D eigenvalue weighted by Crippen LogP contribution is -2.40.